The van der Waals surface area contributed by atoms with E-state index >= 15 is 0 Å². The molecule has 0 unspecified atom stereocenters. The van der Waals surface area contributed by atoms with Gasteiger partial charge in [0, 0.05) is 38.3 Å². The third-order valence-corrected chi connectivity index (χ3v) is 4.82. The molecule has 0 aromatic heterocycles. The van der Waals surface area contributed by atoms with Crippen LogP contribution in [0.3, 0.4) is 0 Å². The lowest BCUT2D eigenvalue weighted by Crippen LogP contribution is -2.47. The molecule has 0 amide bonds. The molecule has 0 atom stereocenters. The van der Waals surface area contributed by atoms with Crippen LogP contribution in [-0.2, 0) is 16.6 Å². The van der Waals surface area contributed by atoms with Gasteiger partial charge in [0.15, 0.2) is 0 Å². The van der Waals surface area contributed by atoms with Crippen molar-refractivity contribution >= 4 is 10.0 Å². The van der Waals surface area contributed by atoms with Crippen LogP contribution in [0, 0.1) is 11.8 Å². The maximum atomic E-state index is 11.5. The molecular weight excluding hydrogens is 288 g/mol. The van der Waals surface area contributed by atoms with Crippen molar-refractivity contribution in [1.82, 2.24) is 9.21 Å². The van der Waals surface area contributed by atoms with Gasteiger partial charge in [-0.2, -0.15) is 4.31 Å². The Morgan fingerprint density at radius 2 is 1.86 bits per heavy atom. The van der Waals surface area contributed by atoms with Crippen molar-refractivity contribution in [2.75, 3.05) is 39.0 Å². The fourth-order valence-corrected chi connectivity index (χ4v) is 3.20. The molecule has 1 aliphatic rings. The van der Waals surface area contributed by atoms with Gasteiger partial charge in [-0.15, -0.1) is 0 Å². The van der Waals surface area contributed by atoms with E-state index in [1.165, 1.54) is 10.6 Å². The Kier molecular flexibility index (Phi) is 5.37. The fraction of sp³-hybridized carbons (Fsp3) is 0.467. The van der Waals surface area contributed by atoms with Crippen molar-refractivity contribution in [2.24, 2.45) is 0 Å². The zero-order chi connectivity index (χ0) is 15.3. The van der Waals surface area contributed by atoms with Gasteiger partial charge in [0.05, 0.1) is 6.26 Å². The molecular formula is C15H20N2O3S. The van der Waals surface area contributed by atoms with Crippen LogP contribution >= 0.6 is 0 Å². The molecule has 1 heterocycles. The van der Waals surface area contributed by atoms with Crippen LogP contribution in [0.2, 0.25) is 0 Å². The topological polar surface area (TPSA) is 60.9 Å². The van der Waals surface area contributed by atoms with E-state index in [1.807, 2.05) is 24.3 Å². The highest BCUT2D eigenvalue weighted by atomic mass is 32.2. The van der Waals surface area contributed by atoms with E-state index in [1.54, 1.807) is 0 Å². The molecule has 0 bridgehead atoms. The van der Waals surface area contributed by atoms with E-state index in [0.717, 1.165) is 30.8 Å². The second-order valence-corrected chi connectivity index (χ2v) is 7.04. The van der Waals surface area contributed by atoms with Gasteiger partial charge in [-0.05, 0) is 11.6 Å². The van der Waals surface area contributed by atoms with Crippen LogP contribution in [-0.4, -0.2) is 61.8 Å². The summed E-state index contributed by atoms with van der Waals surface area (Å²) in [4.78, 5) is 2.22. The summed E-state index contributed by atoms with van der Waals surface area (Å²) in [6.45, 7) is 3.09. The maximum Gasteiger partial charge on any atom is 0.211 e. The molecule has 1 aliphatic heterocycles. The first-order chi connectivity index (χ1) is 10.0. The van der Waals surface area contributed by atoms with Gasteiger partial charge < -0.3 is 5.11 Å². The van der Waals surface area contributed by atoms with Crippen LogP contribution in [0.1, 0.15) is 11.1 Å². The predicted octanol–water partition coefficient (Wildman–Crippen LogP) is 0.108. The Labute approximate surface area is 126 Å². The molecule has 0 aliphatic carbocycles. The number of aliphatic hydroxyl groups excluding tert-OH is 1. The molecule has 1 saturated heterocycles. The van der Waals surface area contributed by atoms with Gasteiger partial charge in [-0.25, -0.2) is 8.42 Å². The van der Waals surface area contributed by atoms with Gasteiger partial charge in [0.1, 0.15) is 6.61 Å². The molecule has 1 fully saturated rings. The summed E-state index contributed by atoms with van der Waals surface area (Å²) in [7, 11) is -3.09. The molecule has 1 aromatic carbocycles. The number of sulfonamides is 1. The van der Waals surface area contributed by atoms with Gasteiger partial charge >= 0.3 is 0 Å². The molecule has 21 heavy (non-hydrogen) atoms. The standard InChI is InChI=1S/C15H20N2O3S/c1-21(19,20)17-10-8-16(9-11-17)13-15-6-3-2-5-14(15)7-4-12-18/h2-3,5-6,18H,8-13H2,1H3. The summed E-state index contributed by atoms with van der Waals surface area (Å²) < 4.78 is 24.5. The summed E-state index contributed by atoms with van der Waals surface area (Å²) in [5.74, 6) is 5.62. The first kappa shape index (κ1) is 16.0. The molecule has 1 aromatic rings. The van der Waals surface area contributed by atoms with E-state index in [4.69, 9.17) is 5.11 Å². The molecule has 6 heteroatoms. The number of piperazine rings is 1. The number of aliphatic hydroxyl groups is 1. The van der Waals surface area contributed by atoms with Crippen LogP contribution in [0.15, 0.2) is 24.3 Å². The Hall–Kier alpha value is -1.39. The second-order valence-electron chi connectivity index (χ2n) is 5.06. The van der Waals surface area contributed by atoms with Gasteiger partial charge in [-0.1, -0.05) is 30.0 Å². The third-order valence-electron chi connectivity index (χ3n) is 3.51. The summed E-state index contributed by atoms with van der Waals surface area (Å²) in [5.41, 5.74) is 2.02. The van der Waals surface area contributed by atoms with Crippen molar-refractivity contribution < 1.29 is 13.5 Å². The number of hydrogen-bond donors (Lipinski definition) is 1. The normalized spacial score (nSPS) is 17.2. The van der Waals surface area contributed by atoms with E-state index in [-0.39, 0.29) is 6.61 Å². The van der Waals surface area contributed by atoms with Gasteiger partial charge in [0.2, 0.25) is 10.0 Å². The number of hydrogen-bond acceptors (Lipinski definition) is 4. The van der Waals surface area contributed by atoms with Crippen molar-refractivity contribution in [3.8, 4) is 11.8 Å². The number of rotatable bonds is 3. The lowest BCUT2D eigenvalue weighted by molar-refractivity contribution is 0.182. The molecule has 0 saturated carbocycles. The molecule has 5 nitrogen and oxygen atoms in total. The van der Waals surface area contributed by atoms with Crippen LogP contribution in [0.25, 0.3) is 0 Å². The molecule has 2 rings (SSSR count). The molecule has 0 radical (unpaired) electrons. The largest absolute Gasteiger partial charge is 0.384 e. The highest BCUT2D eigenvalue weighted by Crippen LogP contribution is 2.13. The summed E-state index contributed by atoms with van der Waals surface area (Å²) in [6.07, 6.45) is 1.25. The van der Waals surface area contributed by atoms with Crippen molar-refractivity contribution in [1.29, 1.82) is 0 Å². The summed E-state index contributed by atoms with van der Waals surface area (Å²) in [6, 6.07) is 7.84. The first-order valence-corrected chi connectivity index (χ1v) is 8.70. The maximum absolute atomic E-state index is 11.5. The van der Waals surface area contributed by atoms with E-state index in [9.17, 15) is 8.42 Å². The molecule has 114 valence electrons. The lowest BCUT2D eigenvalue weighted by Gasteiger charge is -2.33. The Bertz CT molecular complexity index is 638. The quantitative estimate of drug-likeness (QED) is 0.805. The lowest BCUT2D eigenvalue weighted by atomic mass is 10.1. The predicted molar refractivity (Wildman–Crippen MR) is 82.1 cm³/mol. The van der Waals surface area contributed by atoms with Crippen molar-refractivity contribution in [2.45, 2.75) is 6.54 Å². The first-order valence-electron chi connectivity index (χ1n) is 6.86. The van der Waals surface area contributed by atoms with Gasteiger partial charge in [-0.3, -0.25) is 4.90 Å². The minimum Gasteiger partial charge on any atom is -0.384 e. The average molecular weight is 308 g/mol. The van der Waals surface area contributed by atoms with Crippen LogP contribution in [0.4, 0.5) is 0 Å². The van der Waals surface area contributed by atoms with E-state index < -0.39 is 10.0 Å². The molecule has 1 N–H and O–H groups in total. The smallest absolute Gasteiger partial charge is 0.211 e. The zero-order valence-corrected chi connectivity index (χ0v) is 12.9. The highest BCUT2D eigenvalue weighted by molar-refractivity contribution is 7.88. The van der Waals surface area contributed by atoms with Crippen LogP contribution < -0.4 is 0 Å². The van der Waals surface area contributed by atoms with Crippen molar-refractivity contribution in [3.05, 3.63) is 35.4 Å². The average Bonchev–Trinajstić information content (AvgIpc) is 2.46. The third kappa shape index (κ3) is 4.55. The van der Waals surface area contributed by atoms with Gasteiger partial charge in [0.25, 0.3) is 0 Å². The Balaban J connectivity index is 2.01. The van der Waals surface area contributed by atoms with E-state index in [0.29, 0.717) is 13.1 Å². The number of benzene rings is 1. The highest BCUT2D eigenvalue weighted by Gasteiger charge is 2.23. The summed E-state index contributed by atoms with van der Waals surface area (Å²) >= 11 is 0. The minimum absolute atomic E-state index is 0.151. The fourth-order valence-electron chi connectivity index (χ4n) is 2.38. The van der Waals surface area contributed by atoms with E-state index in [2.05, 4.69) is 16.7 Å². The minimum atomic E-state index is -3.09. The Morgan fingerprint density at radius 3 is 2.48 bits per heavy atom. The SMILES string of the molecule is CS(=O)(=O)N1CCN(Cc2ccccc2C#CCO)CC1. The number of nitrogens with zero attached hydrogens (tertiary/aromatic N) is 2. The zero-order valence-electron chi connectivity index (χ0n) is 12.1. The summed E-state index contributed by atoms with van der Waals surface area (Å²) in [5, 5.41) is 8.80. The van der Waals surface area contributed by atoms with Crippen LogP contribution in [0.5, 0.6) is 0 Å². The Morgan fingerprint density at radius 1 is 1.19 bits per heavy atom. The van der Waals surface area contributed by atoms with Crippen molar-refractivity contribution in [3.63, 3.8) is 0 Å². The second kappa shape index (κ2) is 7.05. The monoisotopic (exact) mass is 308 g/mol. The molecule has 0 spiro atoms.